The van der Waals surface area contributed by atoms with Gasteiger partial charge in [-0.2, -0.15) is 0 Å². The van der Waals surface area contributed by atoms with Gasteiger partial charge >= 0.3 is 0 Å². The van der Waals surface area contributed by atoms with Crippen molar-refractivity contribution in [2.24, 2.45) is 5.84 Å². The number of carbonyl (C=O) groups is 1. The van der Waals surface area contributed by atoms with Crippen molar-refractivity contribution >= 4 is 11.6 Å². The average molecular weight is 264 g/mol. The van der Waals surface area contributed by atoms with Crippen LogP contribution in [0.25, 0.3) is 0 Å². The van der Waals surface area contributed by atoms with E-state index in [2.05, 4.69) is 36.5 Å². The normalized spacial score (nSPS) is 12.3. The van der Waals surface area contributed by atoms with Crippen molar-refractivity contribution in [3.63, 3.8) is 0 Å². The summed E-state index contributed by atoms with van der Waals surface area (Å²) in [6.45, 7) is 5.79. The monoisotopic (exact) mass is 264 g/mol. The van der Waals surface area contributed by atoms with Gasteiger partial charge in [-0.1, -0.05) is 19.1 Å². The largest absolute Gasteiger partial charge is 0.351 e. The molecule has 106 valence electrons. The Kier molecular flexibility index (Phi) is 6.32. The summed E-state index contributed by atoms with van der Waals surface area (Å²) in [5.41, 5.74) is 3.73. The van der Waals surface area contributed by atoms with E-state index in [0.29, 0.717) is 23.8 Å². The van der Waals surface area contributed by atoms with Crippen LogP contribution in [0.15, 0.2) is 24.3 Å². The first-order chi connectivity index (χ1) is 9.10. The smallest absolute Gasteiger partial charge is 0.253 e. The fourth-order valence-electron chi connectivity index (χ4n) is 1.78. The molecule has 1 amide bonds. The third-order valence-electron chi connectivity index (χ3n) is 3.42. The van der Waals surface area contributed by atoms with Crippen LogP contribution in [0, 0.1) is 0 Å². The van der Waals surface area contributed by atoms with Gasteiger partial charge in [-0.25, -0.2) is 0 Å². The van der Waals surface area contributed by atoms with Gasteiger partial charge in [-0.15, -0.1) is 0 Å². The lowest BCUT2D eigenvalue weighted by atomic mass is 10.1. The Morgan fingerprint density at radius 1 is 1.42 bits per heavy atom. The zero-order valence-electron chi connectivity index (χ0n) is 11.9. The first-order valence-electron chi connectivity index (χ1n) is 6.64. The van der Waals surface area contributed by atoms with Gasteiger partial charge < -0.3 is 15.6 Å². The van der Waals surface area contributed by atoms with Crippen LogP contribution in [-0.2, 0) is 0 Å². The molecule has 0 saturated carbocycles. The predicted molar refractivity (Wildman–Crippen MR) is 79.0 cm³/mol. The zero-order chi connectivity index (χ0) is 14.3. The second-order valence-corrected chi connectivity index (χ2v) is 4.68. The topological polar surface area (TPSA) is 70.4 Å². The number of anilines is 1. The molecule has 0 bridgehead atoms. The SMILES string of the molecule is CCC(C)N(C)CCNC(=O)c1ccccc1NN. The van der Waals surface area contributed by atoms with Gasteiger partial charge in [0.2, 0.25) is 0 Å². The van der Waals surface area contributed by atoms with Crippen molar-refractivity contribution in [3.8, 4) is 0 Å². The van der Waals surface area contributed by atoms with E-state index in [0.717, 1.165) is 13.0 Å². The molecule has 0 aliphatic carbocycles. The average Bonchev–Trinajstić information content (AvgIpc) is 2.45. The van der Waals surface area contributed by atoms with Crippen LogP contribution in [0.1, 0.15) is 30.6 Å². The van der Waals surface area contributed by atoms with Crippen LogP contribution in [0.5, 0.6) is 0 Å². The Morgan fingerprint density at radius 2 is 2.11 bits per heavy atom. The minimum atomic E-state index is -0.105. The zero-order valence-corrected chi connectivity index (χ0v) is 11.9. The molecule has 5 heteroatoms. The van der Waals surface area contributed by atoms with Crippen LogP contribution >= 0.6 is 0 Å². The van der Waals surface area contributed by atoms with Gasteiger partial charge in [-0.05, 0) is 32.5 Å². The fraction of sp³-hybridized carbons (Fsp3) is 0.500. The maximum atomic E-state index is 12.0. The second kappa shape index (κ2) is 7.76. The minimum Gasteiger partial charge on any atom is -0.351 e. The lowest BCUT2D eigenvalue weighted by molar-refractivity contribution is 0.0948. The maximum Gasteiger partial charge on any atom is 0.253 e. The van der Waals surface area contributed by atoms with E-state index in [4.69, 9.17) is 5.84 Å². The molecule has 1 aromatic carbocycles. The van der Waals surface area contributed by atoms with Gasteiger partial charge in [0.15, 0.2) is 0 Å². The van der Waals surface area contributed by atoms with E-state index < -0.39 is 0 Å². The molecule has 0 aliphatic heterocycles. The van der Waals surface area contributed by atoms with Crippen LogP contribution in [-0.4, -0.2) is 37.0 Å². The van der Waals surface area contributed by atoms with Crippen LogP contribution in [0.3, 0.4) is 0 Å². The number of rotatable bonds is 7. The van der Waals surface area contributed by atoms with Gasteiger partial charge in [0.05, 0.1) is 11.3 Å². The first-order valence-corrected chi connectivity index (χ1v) is 6.64. The van der Waals surface area contributed by atoms with Crippen molar-refractivity contribution in [1.82, 2.24) is 10.2 Å². The van der Waals surface area contributed by atoms with Crippen molar-refractivity contribution in [2.75, 3.05) is 25.6 Å². The molecule has 0 saturated heterocycles. The van der Waals surface area contributed by atoms with E-state index >= 15 is 0 Å². The molecular weight excluding hydrogens is 240 g/mol. The molecule has 1 unspecified atom stereocenters. The van der Waals surface area contributed by atoms with Gasteiger partial charge in [0, 0.05) is 19.1 Å². The molecule has 0 aromatic heterocycles. The molecule has 0 spiro atoms. The molecule has 5 nitrogen and oxygen atoms in total. The number of para-hydroxylation sites is 1. The number of benzene rings is 1. The highest BCUT2D eigenvalue weighted by Crippen LogP contribution is 2.12. The number of nitrogens with two attached hydrogens (primary N) is 1. The summed E-state index contributed by atoms with van der Waals surface area (Å²) in [6, 6.07) is 7.71. The number of hydrogen-bond acceptors (Lipinski definition) is 4. The lowest BCUT2D eigenvalue weighted by Crippen LogP contribution is -2.37. The predicted octanol–water partition coefficient (Wildman–Crippen LogP) is 1.43. The van der Waals surface area contributed by atoms with Crippen molar-refractivity contribution in [1.29, 1.82) is 0 Å². The molecule has 1 aromatic rings. The summed E-state index contributed by atoms with van der Waals surface area (Å²) in [4.78, 5) is 14.2. The molecular formula is C14H24N4O. The van der Waals surface area contributed by atoms with E-state index in [1.807, 2.05) is 12.1 Å². The minimum absolute atomic E-state index is 0.105. The van der Waals surface area contributed by atoms with Crippen molar-refractivity contribution < 1.29 is 4.79 Å². The molecule has 0 heterocycles. The Balaban J connectivity index is 2.47. The highest BCUT2D eigenvalue weighted by Gasteiger charge is 2.11. The Bertz CT molecular complexity index is 408. The number of nitrogen functional groups attached to an aromatic ring is 1. The molecule has 1 rings (SSSR count). The maximum absolute atomic E-state index is 12.0. The summed E-state index contributed by atoms with van der Waals surface area (Å²) in [5, 5.41) is 2.91. The van der Waals surface area contributed by atoms with E-state index in [1.165, 1.54) is 0 Å². The summed E-state index contributed by atoms with van der Waals surface area (Å²) in [5.74, 6) is 5.28. The number of nitrogens with one attached hydrogen (secondary N) is 2. The Morgan fingerprint density at radius 3 is 2.74 bits per heavy atom. The Hall–Kier alpha value is -1.59. The number of hydrogen-bond donors (Lipinski definition) is 3. The number of amides is 1. The third-order valence-corrected chi connectivity index (χ3v) is 3.42. The first kappa shape index (κ1) is 15.5. The fourth-order valence-corrected chi connectivity index (χ4v) is 1.78. The van der Waals surface area contributed by atoms with Gasteiger partial charge in [-0.3, -0.25) is 10.6 Å². The quantitative estimate of drug-likeness (QED) is 0.515. The van der Waals surface area contributed by atoms with Crippen molar-refractivity contribution in [2.45, 2.75) is 26.3 Å². The van der Waals surface area contributed by atoms with E-state index in [9.17, 15) is 4.79 Å². The molecule has 0 radical (unpaired) electrons. The lowest BCUT2D eigenvalue weighted by Gasteiger charge is -2.23. The number of nitrogens with zero attached hydrogens (tertiary/aromatic N) is 1. The van der Waals surface area contributed by atoms with Crippen LogP contribution < -0.4 is 16.6 Å². The Labute approximate surface area is 115 Å². The number of hydrazine groups is 1. The molecule has 1 atom stereocenters. The summed E-state index contributed by atoms with van der Waals surface area (Å²) in [7, 11) is 2.07. The van der Waals surface area contributed by atoms with Gasteiger partial charge in [0.1, 0.15) is 0 Å². The highest BCUT2D eigenvalue weighted by molar-refractivity contribution is 5.99. The molecule has 0 fully saturated rings. The van der Waals surface area contributed by atoms with E-state index in [1.54, 1.807) is 12.1 Å². The number of likely N-dealkylation sites (N-methyl/N-ethyl adjacent to an activating group) is 1. The molecule has 4 N–H and O–H groups in total. The highest BCUT2D eigenvalue weighted by atomic mass is 16.1. The van der Waals surface area contributed by atoms with Crippen LogP contribution in [0.2, 0.25) is 0 Å². The van der Waals surface area contributed by atoms with Crippen molar-refractivity contribution in [3.05, 3.63) is 29.8 Å². The molecule has 19 heavy (non-hydrogen) atoms. The van der Waals surface area contributed by atoms with Crippen LogP contribution in [0.4, 0.5) is 5.69 Å². The second-order valence-electron chi connectivity index (χ2n) is 4.68. The summed E-state index contributed by atoms with van der Waals surface area (Å²) >= 11 is 0. The number of carbonyl (C=O) groups excluding carboxylic acids is 1. The summed E-state index contributed by atoms with van der Waals surface area (Å²) in [6.07, 6.45) is 1.10. The van der Waals surface area contributed by atoms with Gasteiger partial charge in [0.25, 0.3) is 5.91 Å². The summed E-state index contributed by atoms with van der Waals surface area (Å²) < 4.78 is 0. The molecule has 0 aliphatic rings. The van der Waals surface area contributed by atoms with E-state index in [-0.39, 0.29) is 5.91 Å². The standard InChI is InChI=1S/C14H24N4O/c1-4-11(2)18(3)10-9-16-14(19)12-7-5-6-8-13(12)17-15/h5-8,11,17H,4,9-10,15H2,1-3H3,(H,16,19). The third kappa shape index (κ3) is 4.54.